The fraction of sp³-hybridized carbons (Fsp3) is 0.652. The average molecular weight is 402 g/mol. The van der Waals surface area contributed by atoms with Gasteiger partial charge in [0.1, 0.15) is 0 Å². The molecule has 6 heteroatoms. The van der Waals surface area contributed by atoms with Crippen LogP contribution in [0.5, 0.6) is 0 Å². The van der Waals surface area contributed by atoms with Gasteiger partial charge in [-0.3, -0.25) is 9.79 Å². The molecule has 2 heterocycles. The van der Waals surface area contributed by atoms with Crippen molar-refractivity contribution in [3.63, 3.8) is 0 Å². The van der Waals surface area contributed by atoms with E-state index in [1.165, 1.54) is 11.1 Å². The molecule has 0 saturated carbocycles. The van der Waals surface area contributed by atoms with E-state index in [1.807, 2.05) is 14.0 Å². The zero-order valence-corrected chi connectivity index (χ0v) is 18.0. The van der Waals surface area contributed by atoms with Crippen LogP contribution in [0.1, 0.15) is 49.8 Å². The summed E-state index contributed by atoms with van der Waals surface area (Å²) in [5.41, 5.74) is 2.53. The van der Waals surface area contributed by atoms with E-state index in [9.17, 15) is 4.79 Å². The number of aliphatic imine (C=N–C) groups is 1. The van der Waals surface area contributed by atoms with Gasteiger partial charge in [-0.2, -0.15) is 0 Å². The molecule has 2 saturated heterocycles. The normalized spacial score (nSPS) is 23.7. The molecule has 1 aromatic carbocycles. The van der Waals surface area contributed by atoms with E-state index in [0.29, 0.717) is 12.5 Å². The summed E-state index contributed by atoms with van der Waals surface area (Å²) in [7, 11) is 1.83. The van der Waals surface area contributed by atoms with Crippen LogP contribution in [0.2, 0.25) is 0 Å². The van der Waals surface area contributed by atoms with Crippen molar-refractivity contribution in [2.45, 2.75) is 45.6 Å². The number of aryl methyl sites for hydroxylation is 1. The molecule has 0 radical (unpaired) electrons. The second kappa shape index (κ2) is 10.6. The number of likely N-dealkylation sites (tertiary alicyclic amines) is 1. The van der Waals surface area contributed by atoms with Gasteiger partial charge < -0.3 is 19.7 Å². The number of rotatable bonds is 5. The summed E-state index contributed by atoms with van der Waals surface area (Å²) in [5, 5.41) is 3.57. The van der Waals surface area contributed by atoms with Crippen LogP contribution in [0.25, 0.3) is 0 Å². The van der Waals surface area contributed by atoms with Crippen molar-refractivity contribution < 1.29 is 14.3 Å². The fourth-order valence-electron chi connectivity index (χ4n) is 4.32. The molecule has 2 aliphatic heterocycles. The van der Waals surface area contributed by atoms with Gasteiger partial charge in [-0.05, 0) is 45.1 Å². The molecule has 1 aromatic rings. The zero-order valence-electron chi connectivity index (χ0n) is 18.0. The van der Waals surface area contributed by atoms with Crippen molar-refractivity contribution in [3.8, 4) is 0 Å². The maximum atomic E-state index is 12.0. The fourth-order valence-corrected chi connectivity index (χ4v) is 4.32. The Balaban J connectivity index is 1.54. The molecule has 2 aliphatic rings. The third-order valence-corrected chi connectivity index (χ3v) is 6.00. The summed E-state index contributed by atoms with van der Waals surface area (Å²) < 4.78 is 11.3. The second-order valence-electron chi connectivity index (χ2n) is 8.05. The zero-order chi connectivity index (χ0) is 20.6. The van der Waals surface area contributed by atoms with Crippen LogP contribution in [0.4, 0.5) is 0 Å². The van der Waals surface area contributed by atoms with E-state index in [0.717, 1.165) is 57.9 Å². The number of esters is 1. The number of benzene rings is 1. The lowest BCUT2D eigenvalue weighted by Gasteiger charge is -2.36. The first-order valence-electron chi connectivity index (χ1n) is 10.9. The maximum absolute atomic E-state index is 12.0. The van der Waals surface area contributed by atoms with E-state index in [4.69, 9.17) is 9.47 Å². The summed E-state index contributed by atoms with van der Waals surface area (Å²) in [6.07, 6.45) is 4.01. The smallest absolute Gasteiger partial charge is 0.309 e. The molecule has 0 spiro atoms. The highest BCUT2D eigenvalue weighted by Crippen LogP contribution is 2.33. The van der Waals surface area contributed by atoms with Crippen molar-refractivity contribution in [3.05, 3.63) is 35.4 Å². The van der Waals surface area contributed by atoms with Crippen LogP contribution in [-0.2, 0) is 14.3 Å². The van der Waals surface area contributed by atoms with Crippen molar-refractivity contribution in [2.24, 2.45) is 16.8 Å². The number of carbonyl (C=O) groups is 1. The third-order valence-electron chi connectivity index (χ3n) is 6.00. The molecule has 2 atom stereocenters. The van der Waals surface area contributed by atoms with Gasteiger partial charge >= 0.3 is 5.97 Å². The van der Waals surface area contributed by atoms with E-state index in [2.05, 4.69) is 46.4 Å². The van der Waals surface area contributed by atoms with Gasteiger partial charge in [-0.15, -0.1) is 0 Å². The summed E-state index contributed by atoms with van der Waals surface area (Å²) in [5.74, 6) is 1.29. The molecule has 2 unspecified atom stereocenters. The Bertz CT molecular complexity index is 681. The molecule has 1 N–H and O–H groups in total. The minimum Gasteiger partial charge on any atom is -0.466 e. The third kappa shape index (κ3) is 5.72. The highest BCUT2D eigenvalue weighted by Gasteiger charge is 2.30. The lowest BCUT2D eigenvalue weighted by molar-refractivity contribution is -0.149. The maximum Gasteiger partial charge on any atom is 0.309 e. The SMILES string of the molecule is CCOC(=O)C1CCN(C(=NC)NCC2CCCOC2c2ccc(C)cc2)CC1. The van der Waals surface area contributed by atoms with Gasteiger partial charge in [0.2, 0.25) is 0 Å². The quantitative estimate of drug-likeness (QED) is 0.466. The Kier molecular flexibility index (Phi) is 7.92. The Hall–Kier alpha value is -2.08. The predicted octanol–water partition coefficient (Wildman–Crippen LogP) is 3.31. The minimum atomic E-state index is -0.0598. The molecular formula is C23H35N3O3. The first-order chi connectivity index (χ1) is 14.1. The molecule has 0 amide bonds. The highest BCUT2D eigenvalue weighted by molar-refractivity contribution is 5.80. The summed E-state index contributed by atoms with van der Waals surface area (Å²) in [6.45, 7) is 7.73. The van der Waals surface area contributed by atoms with Crippen LogP contribution < -0.4 is 5.32 Å². The number of carbonyl (C=O) groups excluding carboxylic acids is 1. The second-order valence-corrected chi connectivity index (χ2v) is 8.05. The van der Waals surface area contributed by atoms with Gasteiger partial charge in [0.25, 0.3) is 0 Å². The number of nitrogens with zero attached hydrogens (tertiary/aromatic N) is 2. The lowest BCUT2D eigenvalue weighted by atomic mass is 9.89. The van der Waals surface area contributed by atoms with Gasteiger partial charge in [-0.1, -0.05) is 29.8 Å². The van der Waals surface area contributed by atoms with Gasteiger partial charge in [0, 0.05) is 39.2 Å². The summed E-state index contributed by atoms with van der Waals surface area (Å²) in [6, 6.07) is 8.69. The van der Waals surface area contributed by atoms with Crippen LogP contribution >= 0.6 is 0 Å². The molecule has 2 fully saturated rings. The number of hydrogen-bond donors (Lipinski definition) is 1. The van der Waals surface area contributed by atoms with Crippen molar-refractivity contribution in [2.75, 3.05) is 39.9 Å². The van der Waals surface area contributed by atoms with Gasteiger partial charge in [0.05, 0.1) is 18.6 Å². The lowest BCUT2D eigenvalue weighted by Crippen LogP contribution is -2.48. The van der Waals surface area contributed by atoms with Crippen molar-refractivity contribution >= 4 is 11.9 Å². The molecule has 0 aromatic heterocycles. The molecule has 0 bridgehead atoms. The van der Waals surface area contributed by atoms with Crippen molar-refractivity contribution in [1.82, 2.24) is 10.2 Å². The minimum absolute atomic E-state index is 0.0157. The molecule has 3 rings (SSSR count). The Morgan fingerprint density at radius 1 is 1.24 bits per heavy atom. The van der Waals surface area contributed by atoms with Gasteiger partial charge in [0.15, 0.2) is 5.96 Å². The number of nitrogens with one attached hydrogen (secondary N) is 1. The van der Waals surface area contributed by atoms with E-state index in [1.54, 1.807) is 0 Å². The molecule has 6 nitrogen and oxygen atoms in total. The molecule has 0 aliphatic carbocycles. The average Bonchev–Trinajstić information content (AvgIpc) is 2.76. The van der Waals surface area contributed by atoms with Crippen LogP contribution in [0, 0.1) is 18.8 Å². The first kappa shape index (κ1) is 21.6. The predicted molar refractivity (Wildman–Crippen MR) is 115 cm³/mol. The summed E-state index contributed by atoms with van der Waals surface area (Å²) >= 11 is 0. The van der Waals surface area contributed by atoms with Crippen LogP contribution in [-0.4, -0.2) is 56.7 Å². The Morgan fingerprint density at radius 2 is 1.97 bits per heavy atom. The number of ether oxygens (including phenoxy) is 2. The highest BCUT2D eigenvalue weighted by atomic mass is 16.5. The standard InChI is InChI=1S/C23H35N3O3/c1-4-28-22(27)19-11-13-26(14-12-19)23(24-3)25-16-20-6-5-15-29-21(20)18-9-7-17(2)8-10-18/h7-10,19-21H,4-6,11-16H2,1-3H3,(H,24,25). The summed E-state index contributed by atoms with van der Waals surface area (Å²) in [4.78, 5) is 18.7. The Morgan fingerprint density at radius 3 is 2.62 bits per heavy atom. The molecule has 160 valence electrons. The monoisotopic (exact) mass is 401 g/mol. The van der Waals surface area contributed by atoms with Crippen molar-refractivity contribution in [1.29, 1.82) is 0 Å². The topological polar surface area (TPSA) is 63.2 Å². The molecule has 29 heavy (non-hydrogen) atoms. The number of guanidine groups is 1. The molecular weight excluding hydrogens is 366 g/mol. The van der Waals surface area contributed by atoms with Crippen LogP contribution in [0.3, 0.4) is 0 Å². The van der Waals surface area contributed by atoms with E-state index >= 15 is 0 Å². The van der Waals surface area contributed by atoms with E-state index in [-0.39, 0.29) is 18.0 Å². The number of hydrogen-bond acceptors (Lipinski definition) is 4. The first-order valence-corrected chi connectivity index (χ1v) is 10.9. The van der Waals surface area contributed by atoms with E-state index < -0.39 is 0 Å². The van der Waals surface area contributed by atoms with Gasteiger partial charge in [-0.25, -0.2) is 0 Å². The Labute approximate surface area is 174 Å². The largest absolute Gasteiger partial charge is 0.466 e. The number of piperidine rings is 1. The van der Waals surface area contributed by atoms with Crippen LogP contribution in [0.15, 0.2) is 29.3 Å².